The average molecular weight is 364 g/mol. The maximum Gasteiger partial charge on any atom is 0.270 e. The second-order valence-electron chi connectivity index (χ2n) is 8.04. The first-order valence-corrected chi connectivity index (χ1v) is 9.64. The van der Waals surface area contributed by atoms with Crippen LogP contribution in [0.15, 0.2) is 12.1 Å². The van der Waals surface area contributed by atoms with Crippen LogP contribution in [0.2, 0.25) is 0 Å². The van der Waals surface area contributed by atoms with Crippen molar-refractivity contribution in [3.8, 4) is 17.1 Å². The van der Waals surface area contributed by atoms with Crippen LogP contribution in [-0.4, -0.2) is 33.2 Å². The first-order valence-electron chi connectivity index (χ1n) is 9.64. The molecule has 0 unspecified atom stereocenters. The maximum atomic E-state index is 12.8. The van der Waals surface area contributed by atoms with E-state index in [1.807, 2.05) is 31.7 Å². The van der Waals surface area contributed by atoms with E-state index in [0.29, 0.717) is 6.54 Å². The molecular weight excluding hydrogens is 340 g/mol. The molecule has 2 N–H and O–H groups in total. The number of amides is 1. The van der Waals surface area contributed by atoms with Gasteiger partial charge in [0, 0.05) is 29.3 Å². The lowest BCUT2D eigenvalue weighted by Gasteiger charge is -2.38. The molecule has 0 spiro atoms. The van der Waals surface area contributed by atoms with Crippen LogP contribution in [0.5, 0.6) is 5.75 Å². The highest BCUT2D eigenvalue weighted by Gasteiger charge is 2.40. The highest BCUT2D eigenvalue weighted by Crippen LogP contribution is 2.44. The van der Waals surface area contributed by atoms with Crippen LogP contribution in [0, 0.1) is 6.92 Å². The number of fused-ring (bicyclic) bond motifs is 6. The number of rotatable bonds is 1. The van der Waals surface area contributed by atoms with Crippen LogP contribution in [0.3, 0.4) is 0 Å². The van der Waals surface area contributed by atoms with E-state index >= 15 is 0 Å². The first-order chi connectivity index (χ1) is 12.9. The monoisotopic (exact) mass is 364 g/mol. The Kier molecular flexibility index (Phi) is 3.27. The van der Waals surface area contributed by atoms with Gasteiger partial charge in [-0.05, 0) is 58.6 Å². The molecule has 0 saturated heterocycles. The van der Waals surface area contributed by atoms with Crippen LogP contribution in [0.4, 0.5) is 5.69 Å². The van der Waals surface area contributed by atoms with Crippen LogP contribution in [0.1, 0.15) is 44.0 Å². The molecule has 3 aromatic rings. The number of ether oxygens (including phenoxy) is 1. The van der Waals surface area contributed by atoms with Crippen molar-refractivity contribution in [3.05, 3.63) is 29.0 Å². The lowest BCUT2D eigenvalue weighted by molar-refractivity contribution is -0.132. The maximum absolute atomic E-state index is 12.8. The number of carbonyl (C=O) groups excluding carboxylic acids is 1. The molecule has 0 atom stereocenters. The van der Waals surface area contributed by atoms with E-state index in [2.05, 4.69) is 28.2 Å². The fourth-order valence-electron chi connectivity index (χ4n) is 4.49. The summed E-state index contributed by atoms with van der Waals surface area (Å²) < 4.78 is 6.07. The van der Waals surface area contributed by atoms with E-state index in [-0.39, 0.29) is 5.91 Å². The standard InChI is InChI=1S/C21H24N4O2/c1-5-25-16-9-14-13-8-6-7-12-11(2)23-24-19(12)18(13)22-15(14)10-17(16)27-21(3,4)20(25)26/h9-10,22H,5-8H2,1-4H3,(H,23,24). The number of aryl methyl sites for hydroxylation is 2. The number of carbonyl (C=O) groups is 1. The summed E-state index contributed by atoms with van der Waals surface area (Å²) >= 11 is 0. The van der Waals surface area contributed by atoms with Crippen molar-refractivity contribution in [1.29, 1.82) is 0 Å². The number of hydrogen-bond donors (Lipinski definition) is 2. The Morgan fingerprint density at radius 2 is 2.04 bits per heavy atom. The summed E-state index contributed by atoms with van der Waals surface area (Å²) in [7, 11) is 0. The zero-order valence-corrected chi connectivity index (χ0v) is 16.2. The molecule has 0 bridgehead atoms. The lowest BCUT2D eigenvalue weighted by Crippen LogP contribution is -2.52. The van der Waals surface area contributed by atoms with Crippen molar-refractivity contribution in [2.24, 2.45) is 0 Å². The van der Waals surface area contributed by atoms with Crippen molar-refractivity contribution < 1.29 is 9.53 Å². The van der Waals surface area contributed by atoms with Gasteiger partial charge in [-0.3, -0.25) is 9.89 Å². The summed E-state index contributed by atoms with van der Waals surface area (Å²) in [6.45, 7) is 8.36. The Balaban J connectivity index is 1.76. The van der Waals surface area contributed by atoms with Crippen LogP contribution in [-0.2, 0) is 17.6 Å². The normalized spacial score (nSPS) is 17.9. The van der Waals surface area contributed by atoms with Gasteiger partial charge in [-0.1, -0.05) is 0 Å². The van der Waals surface area contributed by atoms with Crippen LogP contribution >= 0.6 is 0 Å². The van der Waals surface area contributed by atoms with Gasteiger partial charge in [0.2, 0.25) is 0 Å². The van der Waals surface area contributed by atoms with Gasteiger partial charge in [-0.25, -0.2) is 0 Å². The zero-order chi connectivity index (χ0) is 18.9. The highest BCUT2D eigenvalue weighted by atomic mass is 16.5. The highest BCUT2D eigenvalue weighted by molar-refractivity contribution is 6.05. The molecule has 0 saturated carbocycles. The van der Waals surface area contributed by atoms with Crippen molar-refractivity contribution in [2.45, 2.75) is 52.6 Å². The van der Waals surface area contributed by atoms with Crippen LogP contribution < -0.4 is 9.64 Å². The number of aromatic amines is 2. The molecule has 1 aliphatic carbocycles. The number of anilines is 1. The zero-order valence-electron chi connectivity index (χ0n) is 16.2. The van der Waals surface area contributed by atoms with Crippen molar-refractivity contribution in [1.82, 2.24) is 15.2 Å². The molecule has 6 nitrogen and oxygen atoms in total. The molecule has 0 radical (unpaired) electrons. The predicted molar refractivity (Wildman–Crippen MR) is 105 cm³/mol. The molecule has 2 aliphatic rings. The minimum absolute atomic E-state index is 0.00341. The number of nitrogens with zero attached hydrogens (tertiary/aromatic N) is 2. The van der Waals surface area contributed by atoms with E-state index < -0.39 is 5.60 Å². The van der Waals surface area contributed by atoms with E-state index in [9.17, 15) is 4.79 Å². The molecule has 3 heterocycles. The minimum Gasteiger partial charge on any atom is -0.476 e. The Labute approximate surface area is 157 Å². The SMILES string of the molecule is CCN1C(=O)C(C)(C)Oc2cc3[nH]c4c(c3cc21)CCCc1c-4n[nH]c1C. The van der Waals surface area contributed by atoms with E-state index in [4.69, 9.17) is 4.74 Å². The third-order valence-electron chi connectivity index (χ3n) is 5.88. The van der Waals surface area contributed by atoms with Crippen molar-refractivity contribution in [2.75, 3.05) is 11.4 Å². The molecule has 1 amide bonds. The summed E-state index contributed by atoms with van der Waals surface area (Å²) in [5.74, 6) is 0.757. The van der Waals surface area contributed by atoms with Gasteiger partial charge in [-0.2, -0.15) is 5.10 Å². The summed E-state index contributed by atoms with van der Waals surface area (Å²) in [5, 5.41) is 8.86. The van der Waals surface area contributed by atoms with Gasteiger partial charge in [0.15, 0.2) is 5.60 Å². The van der Waals surface area contributed by atoms with E-state index in [1.54, 1.807) is 0 Å². The number of aromatic nitrogens is 3. The number of benzene rings is 1. The molecule has 2 aromatic heterocycles. The second-order valence-corrected chi connectivity index (χ2v) is 8.04. The Morgan fingerprint density at radius 1 is 1.26 bits per heavy atom. The number of hydrogen-bond acceptors (Lipinski definition) is 3. The summed E-state index contributed by atoms with van der Waals surface area (Å²) in [6.07, 6.45) is 3.12. The molecule has 140 valence electrons. The summed E-state index contributed by atoms with van der Waals surface area (Å²) in [6, 6.07) is 4.15. The average Bonchev–Trinajstić information content (AvgIpc) is 3.09. The lowest BCUT2D eigenvalue weighted by atomic mass is 10.0. The molecule has 1 aromatic carbocycles. The Hall–Kier alpha value is -2.76. The third kappa shape index (κ3) is 2.19. The fraction of sp³-hybridized carbons (Fsp3) is 0.429. The largest absolute Gasteiger partial charge is 0.476 e. The van der Waals surface area contributed by atoms with Gasteiger partial charge in [0.25, 0.3) is 5.91 Å². The second kappa shape index (κ2) is 5.38. The number of nitrogens with one attached hydrogen (secondary N) is 2. The van der Waals surface area contributed by atoms with Gasteiger partial charge in [-0.15, -0.1) is 0 Å². The van der Waals surface area contributed by atoms with Gasteiger partial charge >= 0.3 is 0 Å². The minimum atomic E-state index is -0.854. The van der Waals surface area contributed by atoms with E-state index in [1.165, 1.54) is 11.1 Å². The van der Waals surface area contributed by atoms with Gasteiger partial charge < -0.3 is 14.6 Å². The summed E-state index contributed by atoms with van der Waals surface area (Å²) in [5.41, 5.74) is 6.89. The summed E-state index contributed by atoms with van der Waals surface area (Å²) in [4.78, 5) is 18.2. The molecule has 27 heavy (non-hydrogen) atoms. The first kappa shape index (κ1) is 16.4. The molecule has 0 fully saturated rings. The molecule has 6 heteroatoms. The number of H-pyrrole nitrogens is 2. The Bertz CT molecular complexity index is 1090. The smallest absolute Gasteiger partial charge is 0.270 e. The fourth-order valence-corrected chi connectivity index (χ4v) is 4.49. The van der Waals surface area contributed by atoms with Crippen LogP contribution in [0.25, 0.3) is 22.3 Å². The molecular formula is C21H24N4O2. The van der Waals surface area contributed by atoms with Gasteiger partial charge in [0.1, 0.15) is 11.4 Å². The molecule has 1 aliphatic heterocycles. The van der Waals surface area contributed by atoms with Gasteiger partial charge in [0.05, 0.1) is 16.9 Å². The quantitative estimate of drug-likeness (QED) is 0.688. The topological polar surface area (TPSA) is 74.0 Å². The van der Waals surface area contributed by atoms with Crippen molar-refractivity contribution >= 4 is 22.5 Å². The molecule has 5 rings (SSSR count). The van der Waals surface area contributed by atoms with E-state index in [0.717, 1.165) is 58.7 Å². The third-order valence-corrected chi connectivity index (χ3v) is 5.88. The van der Waals surface area contributed by atoms with Crippen molar-refractivity contribution in [3.63, 3.8) is 0 Å². The Morgan fingerprint density at radius 3 is 2.81 bits per heavy atom. The predicted octanol–water partition coefficient (Wildman–Crippen LogP) is 3.88. The number of likely N-dealkylation sites (N-methyl/N-ethyl adjacent to an activating group) is 1.